The molecule has 5 heteroatoms. The van der Waals surface area contributed by atoms with Crippen LogP contribution in [0.5, 0.6) is 0 Å². The molecule has 1 rings (SSSR count). The lowest BCUT2D eigenvalue weighted by Crippen LogP contribution is -2.14. The highest BCUT2D eigenvalue weighted by Gasteiger charge is 2.12. The second-order valence-corrected chi connectivity index (χ2v) is 3.46. The summed E-state index contributed by atoms with van der Waals surface area (Å²) in [6.45, 7) is 0. The van der Waals surface area contributed by atoms with Crippen LogP contribution in [-0.2, 0) is 0 Å². The normalized spacial score (nSPS) is 9.31. The van der Waals surface area contributed by atoms with Crippen molar-refractivity contribution >= 4 is 28.5 Å². The molecule has 1 aromatic rings. The molecule has 0 spiro atoms. The van der Waals surface area contributed by atoms with Crippen LogP contribution < -0.4 is 5.73 Å². The molecule has 13 heavy (non-hydrogen) atoms. The quantitative estimate of drug-likeness (QED) is 0.794. The largest absolute Gasteiger partial charge is 0.366 e. The average molecular weight is 290 g/mol. The van der Waals surface area contributed by atoms with Gasteiger partial charge in [0.05, 0.1) is 20.8 Å². The number of carbonyl (C=O) groups is 1. The van der Waals surface area contributed by atoms with E-state index in [1.165, 1.54) is 6.07 Å². The first kappa shape index (κ1) is 9.92. The monoisotopic (exact) mass is 290 g/mol. The van der Waals surface area contributed by atoms with Gasteiger partial charge in [-0.3, -0.25) is 4.79 Å². The lowest BCUT2D eigenvalue weighted by molar-refractivity contribution is 0.0996. The van der Waals surface area contributed by atoms with Gasteiger partial charge in [-0.15, -0.1) is 0 Å². The van der Waals surface area contributed by atoms with Gasteiger partial charge in [0.15, 0.2) is 0 Å². The standard InChI is InChI=1S/C8H4FIN2O/c9-7-5(8(12)13)1-4(3-11)2-6(7)10/h1-2H,(H2,12,13). The van der Waals surface area contributed by atoms with Gasteiger partial charge >= 0.3 is 0 Å². The molecule has 0 aliphatic heterocycles. The molecular weight excluding hydrogens is 286 g/mol. The lowest BCUT2D eigenvalue weighted by Gasteiger charge is -2.00. The van der Waals surface area contributed by atoms with Crippen LogP contribution in [0.15, 0.2) is 12.1 Å². The Balaban J connectivity index is 3.44. The third kappa shape index (κ3) is 1.95. The number of benzene rings is 1. The highest BCUT2D eigenvalue weighted by atomic mass is 127. The van der Waals surface area contributed by atoms with E-state index in [1.54, 1.807) is 22.6 Å². The highest BCUT2D eigenvalue weighted by Crippen LogP contribution is 2.17. The van der Waals surface area contributed by atoms with E-state index in [4.69, 9.17) is 11.0 Å². The molecule has 0 radical (unpaired) electrons. The molecule has 66 valence electrons. The minimum absolute atomic E-state index is 0.213. The fraction of sp³-hybridized carbons (Fsp3) is 0. The number of primary amides is 1. The van der Waals surface area contributed by atoms with Crippen LogP contribution in [0.4, 0.5) is 4.39 Å². The number of hydrogen-bond donors (Lipinski definition) is 1. The molecule has 0 aromatic heterocycles. The van der Waals surface area contributed by atoms with E-state index in [0.29, 0.717) is 0 Å². The molecule has 1 aromatic carbocycles. The molecule has 0 aliphatic rings. The summed E-state index contributed by atoms with van der Waals surface area (Å²) in [5, 5.41) is 8.53. The van der Waals surface area contributed by atoms with Crippen molar-refractivity contribution in [2.24, 2.45) is 5.73 Å². The maximum Gasteiger partial charge on any atom is 0.251 e. The maximum atomic E-state index is 13.2. The number of nitrogens with zero attached hydrogens (tertiary/aromatic N) is 1. The number of rotatable bonds is 1. The molecule has 0 bridgehead atoms. The van der Waals surface area contributed by atoms with E-state index in [0.717, 1.165) is 6.07 Å². The van der Waals surface area contributed by atoms with Crippen molar-refractivity contribution in [2.75, 3.05) is 0 Å². The number of nitriles is 1. The van der Waals surface area contributed by atoms with Crippen molar-refractivity contribution < 1.29 is 9.18 Å². The Morgan fingerprint density at radius 2 is 2.23 bits per heavy atom. The zero-order valence-electron chi connectivity index (χ0n) is 6.34. The van der Waals surface area contributed by atoms with Crippen molar-refractivity contribution in [3.8, 4) is 6.07 Å². The van der Waals surface area contributed by atoms with Crippen LogP contribution in [-0.4, -0.2) is 5.91 Å². The van der Waals surface area contributed by atoms with Crippen molar-refractivity contribution in [3.63, 3.8) is 0 Å². The van der Waals surface area contributed by atoms with Crippen molar-refractivity contribution in [1.29, 1.82) is 5.26 Å². The first-order valence-corrected chi connectivity index (χ1v) is 4.33. The number of nitrogens with two attached hydrogens (primary N) is 1. The van der Waals surface area contributed by atoms with Crippen LogP contribution in [0.25, 0.3) is 0 Å². The van der Waals surface area contributed by atoms with Crippen LogP contribution in [0.3, 0.4) is 0 Å². The predicted octanol–water partition coefficient (Wildman–Crippen LogP) is 1.40. The van der Waals surface area contributed by atoms with Gasteiger partial charge in [-0.25, -0.2) is 4.39 Å². The second-order valence-electron chi connectivity index (χ2n) is 2.30. The molecule has 0 aliphatic carbocycles. The molecule has 1 amide bonds. The zero-order valence-corrected chi connectivity index (χ0v) is 8.50. The number of hydrogen-bond acceptors (Lipinski definition) is 2. The van der Waals surface area contributed by atoms with Crippen LogP contribution in [0.1, 0.15) is 15.9 Å². The predicted molar refractivity (Wildman–Crippen MR) is 52.3 cm³/mol. The first-order chi connectivity index (χ1) is 6.06. The molecule has 2 N–H and O–H groups in total. The average Bonchev–Trinajstić information content (AvgIpc) is 2.09. The summed E-state index contributed by atoms with van der Waals surface area (Å²) in [6.07, 6.45) is 0. The molecule has 0 unspecified atom stereocenters. The number of halogens is 2. The van der Waals surface area contributed by atoms with E-state index < -0.39 is 11.7 Å². The van der Waals surface area contributed by atoms with Gasteiger partial charge in [0.2, 0.25) is 0 Å². The van der Waals surface area contributed by atoms with Gasteiger partial charge < -0.3 is 5.73 Å². The summed E-state index contributed by atoms with van der Waals surface area (Å²) in [5.41, 5.74) is 4.89. The van der Waals surface area contributed by atoms with Gasteiger partial charge in [-0.05, 0) is 34.7 Å². The van der Waals surface area contributed by atoms with Gasteiger partial charge in [-0.1, -0.05) is 0 Å². The lowest BCUT2D eigenvalue weighted by atomic mass is 10.1. The highest BCUT2D eigenvalue weighted by molar-refractivity contribution is 14.1. The Kier molecular flexibility index (Phi) is 2.83. The summed E-state index contributed by atoms with van der Waals surface area (Å²) < 4.78 is 13.4. The molecule has 0 fully saturated rings. The van der Waals surface area contributed by atoms with Gasteiger partial charge in [0.25, 0.3) is 5.91 Å². The molecular formula is C8H4FIN2O. The Bertz CT molecular complexity index is 411. The third-order valence-corrected chi connectivity index (χ3v) is 2.21. The number of carbonyl (C=O) groups excluding carboxylic acids is 1. The van der Waals surface area contributed by atoms with E-state index in [1.807, 2.05) is 6.07 Å². The zero-order chi connectivity index (χ0) is 10.0. The summed E-state index contributed by atoms with van der Waals surface area (Å²) in [6, 6.07) is 4.30. The number of amides is 1. The van der Waals surface area contributed by atoms with E-state index >= 15 is 0 Å². The summed E-state index contributed by atoms with van der Waals surface area (Å²) in [4.78, 5) is 10.7. The fourth-order valence-corrected chi connectivity index (χ4v) is 1.46. The fourth-order valence-electron chi connectivity index (χ4n) is 0.833. The summed E-state index contributed by atoms with van der Waals surface area (Å²) in [5.74, 6) is -1.54. The van der Waals surface area contributed by atoms with Crippen LogP contribution in [0, 0.1) is 20.7 Å². The molecule has 0 atom stereocenters. The van der Waals surface area contributed by atoms with E-state index in [-0.39, 0.29) is 14.7 Å². The van der Waals surface area contributed by atoms with Crippen LogP contribution >= 0.6 is 22.6 Å². The van der Waals surface area contributed by atoms with Gasteiger partial charge in [0, 0.05) is 0 Å². The van der Waals surface area contributed by atoms with Crippen molar-refractivity contribution in [1.82, 2.24) is 0 Å². The second kappa shape index (κ2) is 3.70. The topological polar surface area (TPSA) is 66.9 Å². The Labute approximate surface area is 87.5 Å². The first-order valence-electron chi connectivity index (χ1n) is 3.25. The SMILES string of the molecule is N#Cc1cc(I)c(F)c(C(N)=O)c1. The molecule has 0 heterocycles. The molecule has 0 saturated heterocycles. The molecule has 3 nitrogen and oxygen atoms in total. The minimum atomic E-state index is -0.868. The summed E-state index contributed by atoms with van der Waals surface area (Å²) >= 11 is 1.70. The molecule has 0 saturated carbocycles. The van der Waals surface area contributed by atoms with Crippen molar-refractivity contribution in [3.05, 3.63) is 32.6 Å². The Morgan fingerprint density at radius 3 is 2.69 bits per heavy atom. The Morgan fingerprint density at radius 1 is 1.62 bits per heavy atom. The van der Waals surface area contributed by atoms with Gasteiger partial charge in [0.1, 0.15) is 5.82 Å². The minimum Gasteiger partial charge on any atom is -0.366 e. The summed E-state index contributed by atoms with van der Waals surface area (Å²) in [7, 11) is 0. The van der Waals surface area contributed by atoms with Gasteiger partial charge in [-0.2, -0.15) is 5.26 Å². The third-order valence-electron chi connectivity index (χ3n) is 1.42. The smallest absolute Gasteiger partial charge is 0.251 e. The van der Waals surface area contributed by atoms with Crippen molar-refractivity contribution in [2.45, 2.75) is 0 Å². The van der Waals surface area contributed by atoms with E-state index in [9.17, 15) is 9.18 Å². The van der Waals surface area contributed by atoms with Crippen LogP contribution in [0.2, 0.25) is 0 Å². The maximum absolute atomic E-state index is 13.2. The Hall–Kier alpha value is -1.16. The van der Waals surface area contributed by atoms with E-state index in [2.05, 4.69) is 0 Å².